The molecule has 1 aliphatic heterocycles. The number of halogens is 1. The molecule has 0 N–H and O–H groups in total. The number of hydrogen-bond donors (Lipinski definition) is 0. The Kier molecular flexibility index (Phi) is 4.25. The third-order valence-corrected chi connectivity index (χ3v) is 4.40. The Balaban J connectivity index is 2.20. The van der Waals surface area contributed by atoms with E-state index in [0.29, 0.717) is 17.5 Å². The van der Waals surface area contributed by atoms with Crippen molar-refractivity contribution in [1.29, 1.82) is 0 Å². The Bertz CT molecular complexity index is 693. The van der Waals surface area contributed by atoms with Crippen LogP contribution in [0.1, 0.15) is 26.2 Å². The van der Waals surface area contributed by atoms with Crippen molar-refractivity contribution >= 4 is 28.3 Å². The van der Waals surface area contributed by atoms with Gasteiger partial charge in [-0.25, -0.2) is 4.98 Å². The molecule has 0 radical (unpaired) electrons. The zero-order chi connectivity index (χ0) is 15.7. The number of rotatable bonds is 3. The lowest BCUT2D eigenvalue weighted by Gasteiger charge is -2.35. The number of nitrogens with zero attached hydrogens (tertiary/aromatic N) is 3. The van der Waals surface area contributed by atoms with Gasteiger partial charge < -0.3 is 14.4 Å². The van der Waals surface area contributed by atoms with E-state index in [4.69, 9.17) is 21.1 Å². The van der Waals surface area contributed by atoms with Crippen molar-refractivity contribution in [1.82, 2.24) is 9.97 Å². The third kappa shape index (κ3) is 2.65. The van der Waals surface area contributed by atoms with Gasteiger partial charge in [-0.15, -0.1) is 0 Å². The molecule has 6 heteroatoms. The maximum atomic E-state index is 6.14. The first-order valence-electron chi connectivity index (χ1n) is 7.50. The van der Waals surface area contributed by atoms with Gasteiger partial charge in [-0.2, -0.15) is 4.98 Å². The van der Waals surface area contributed by atoms with Gasteiger partial charge in [-0.05, 0) is 43.9 Å². The predicted octanol–water partition coefficient (Wildman–Crippen LogP) is 3.68. The fraction of sp³-hybridized carbons (Fsp3) is 0.500. The Morgan fingerprint density at radius 1 is 1.14 bits per heavy atom. The fourth-order valence-electron chi connectivity index (χ4n) is 3.04. The van der Waals surface area contributed by atoms with Crippen LogP contribution < -0.4 is 14.4 Å². The van der Waals surface area contributed by atoms with Gasteiger partial charge in [-0.1, -0.05) is 0 Å². The molecule has 2 heterocycles. The average Bonchev–Trinajstić information content (AvgIpc) is 2.53. The van der Waals surface area contributed by atoms with E-state index in [9.17, 15) is 0 Å². The summed E-state index contributed by atoms with van der Waals surface area (Å²) in [5.74, 6) is 2.19. The zero-order valence-corrected chi connectivity index (χ0v) is 13.9. The lowest BCUT2D eigenvalue weighted by Crippen LogP contribution is -2.38. The molecule has 0 amide bonds. The summed E-state index contributed by atoms with van der Waals surface area (Å²) in [4.78, 5) is 11.1. The molecule has 1 aliphatic rings. The molecule has 1 aromatic carbocycles. The summed E-state index contributed by atoms with van der Waals surface area (Å²) in [6, 6.07) is 4.22. The molecular weight excluding hydrogens is 302 g/mol. The smallest absolute Gasteiger partial charge is 0.224 e. The van der Waals surface area contributed by atoms with E-state index in [1.54, 1.807) is 14.2 Å². The first kappa shape index (κ1) is 15.2. The minimum atomic E-state index is 0.257. The van der Waals surface area contributed by atoms with Crippen molar-refractivity contribution in [2.24, 2.45) is 0 Å². The molecule has 5 nitrogen and oxygen atoms in total. The fourth-order valence-corrected chi connectivity index (χ4v) is 3.21. The summed E-state index contributed by atoms with van der Waals surface area (Å²) in [6.45, 7) is 3.21. The largest absolute Gasteiger partial charge is 0.493 e. The summed E-state index contributed by atoms with van der Waals surface area (Å²) in [7, 11) is 3.24. The topological polar surface area (TPSA) is 47.5 Å². The van der Waals surface area contributed by atoms with Gasteiger partial charge in [0.15, 0.2) is 11.5 Å². The van der Waals surface area contributed by atoms with Gasteiger partial charge in [0.05, 0.1) is 19.7 Å². The predicted molar refractivity (Wildman–Crippen MR) is 88.3 cm³/mol. The first-order valence-corrected chi connectivity index (χ1v) is 7.87. The highest BCUT2D eigenvalue weighted by Gasteiger charge is 2.23. The van der Waals surface area contributed by atoms with E-state index in [1.165, 1.54) is 12.8 Å². The van der Waals surface area contributed by atoms with Crippen LogP contribution in [0.15, 0.2) is 12.1 Å². The summed E-state index contributed by atoms with van der Waals surface area (Å²) in [5.41, 5.74) is 0.769. The van der Waals surface area contributed by atoms with Crippen LogP contribution in [-0.4, -0.2) is 36.8 Å². The van der Waals surface area contributed by atoms with Crippen molar-refractivity contribution in [3.8, 4) is 11.5 Å². The van der Waals surface area contributed by atoms with Crippen LogP contribution in [0.5, 0.6) is 11.5 Å². The number of anilines is 1. The van der Waals surface area contributed by atoms with Crippen LogP contribution in [0.3, 0.4) is 0 Å². The summed E-state index contributed by atoms with van der Waals surface area (Å²) in [6.07, 6.45) is 3.59. The standard InChI is InChI=1S/C16H20ClN3O2/c1-10-6-4-5-7-20(10)15-11-8-13(21-2)14(22-3)9-12(11)18-16(17)19-15/h8-10H,4-7H2,1-3H3/t10-/m1/s1. The van der Waals surface area contributed by atoms with Crippen LogP contribution in [0, 0.1) is 0 Å². The molecule has 0 bridgehead atoms. The Labute approximate surface area is 135 Å². The van der Waals surface area contributed by atoms with E-state index in [-0.39, 0.29) is 5.28 Å². The summed E-state index contributed by atoms with van der Waals surface area (Å²) >= 11 is 6.14. The first-order chi connectivity index (χ1) is 10.6. The molecule has 1 fully saturated rings. The Morgan fingerprint density at radius 3 is 2.55 bits per heavy atom. The van der Waals surface area contributed by atoms with E-state index in [2.05, 4.69) is 21.8 Å². The van der Waals surface area contributed by atoms with Crippen LogP contribution in [-0.2, 0) is 0 Å². The minimum absolute atomic E-state index is 0.257. The van der Waals surface area contributed by atoms with Crippen molar-refractivity contribution in [2.75, 3.05) is 25.7 Å². The van der Waals surface area contributed by atoms with Gasteiger partial charge in [0.1, 0.15) is 5.82 Å². The molecule has 0 spiro atoms. The number of methoxy groups -OCH3 is 2. The van der Waals surface area contributed by atoms with Crippen LogP contribution in [0.4, 0.5) is 5.82 Å². The summed E-state index contributed by atoms with van der Waals surface area (Å²) in [5, 5.41) is 1.20. The van der Waals surface area contributed by atoms with Crippen LogP contribution in [0.2, 0.25) is 5.28 Å². The second-order valence-corrected chi connectivity index (χ2v) is 5.92. The van der Waals surface area contributed by atoms with Gasteiger partial charge in [0, 0.05) is 24.0 Å². The molecule has 1 atom stereocenters. The van der Waals surface area contributed by atoms with Gasteiger partial charge in [0.2, 0.25) is 5.28 Å². The molecule has 0 unspecified atom stereocenters. The lowest BCUT2D eigenvalue weighted by atomic mass is 10.0. The SMILES string of the molecule is COc1cc2nc(Cl)nc(N3CCCC[C@H]3C)c2cc1OC. The maximum Gasteiger partial charge on any atom is 0.224 e. The monoisotopic (exact) mass is 321 g/mol. The van der Waals surface area contributed by atoms with Crippen molar-refractivity contribution in [3.05, 3.63) is 17.4 Å². The Morgan fingerprint density at radius 2 is 1.86 bits per heavy atom. The maximum absolute atomic E-state index is 6.14. The number of ether oxygens (including phenoxy) is 2. The molecule has 2 aromatic rings. The molecule has 0 aliphatic carbocycles. The van der Waals surface area contributed by atoms with Gasteiger partial charge >= 0.3 is 0 Å². The quantitative estimate of drug-likeness (QED) is 0.807. The third-order valence-electron chi connectivity index (χ3n) is 4.23. The Hall–Kier alpha value is -1.75. The van der Waals surface area contributed by atoms with Crippen molar-refractivity contribution < 1.29 is 9.47 Å². The molecule has 3 rings (SSSR count). The van der Waals surface area contributed by atoms with E-state index in [0.717, 1.165) is 29.7 Å². The van der Waals surface area contributed by atoms with E-state index >= 15 is 0 Å². The highest BCUT2D eigenvalue weighted by atomic mass is 35.5. The number of aromatic nitrogens is 2. The van der Waals surface area contributed by atoms with Gasteiger partial charge in [0.25, 0.3) is 0 Å². The van der Waals surface area contributed by atoms with E-state index < -0.39 is 0 Å². The molecule has 1 saturated heterocycles. The highest BCUT2D eigenvalue weighted by molar-refractivity contribution is 6.28. The molecule has 118 valence electrons. The molecular formula is C16H20ClN3O2. The molecule has 1 aromatic heterocycles. The number of benzene rings is 1. The highest BCUT2D eigenvalue weighted by Crippen LogP contribution is 2.37. The zero-order valence-electron chi connectivity index (χ0n) is 13.1. The van der Waals surface area contributed by atoms with Crippen LogP contribution in [0.25, 0.3) is 10.9 Å². The normalized spacial score (nSPS) is 18.5. The van der Waals surface area contributed by atoms with Crippen molar-refractivity contribution in [3.63, 3.8) is 0 Å². The second-order valence-electron chi connectivity index (χ2n) is 5.58. The lowest BCUT2D eigenvalue weighted by molar-refractivity contribution is 0.355. The number of hydrogen-bond acceptors (Lipinski definition) is 5. The number of fused-ring (bicyclic) bond motifs is 1. The minimum Gasteiger partial charge on any atom is -0.493 e. The summed E-state index contributed by atoms with van der Waals surface area (Å²) < 4.78 is 10.8. The number of piperidine rings is 1. The second kappa shape index (κ2) is 6.16. The van der Waals surface area contributed by atoms with Crippen LogP contribution >= 0.6 is 11.6 Å². The molecule has 0 saturated carbocycles. The molecule has 22 heavy (non-hydrogen) atoms. The van der Waals surface area contributed by atoms with Gasteiger partial charge in [-0.3, -0.25) is 0 Å². The van der Waals surface area contributed by atoms with E-state index in [1.807, 2.05) is 12.1 Å². The average molecular weight is 322 g/mol. The van der Waals surface area contributed by atoms with Crippen molar-refractivity contribution in [2.45, 2.75) is 32.2 Å².